The molecule has 0 radical (unpaired) electrons. The maximum atomic E-state index is 3.44. The first-order valence-corrected chi connectivity index (χ1v) is 8.05. The molecule has 0 saturated carbocycles. The summed E-state index contributed by atoms with van der Waals surface area (Å²) in [5.41, 5.74) is 0.806. The zero-order valence-electron chi connectivity index (χ0n) is 10.3. The molecule has 3 heteroatoms. The van der Waals surface area contributed by atoms with Crippen molar-refractivity contribution in [3.8, 4) is 0 Å². The Bertz CT molecular complexity index is 307. The Morgan fingerprint density at radius 3 is 2.31 bits per heavy atom. The van der Waals surface area contributed by atoms with Crippen LogP contribution in [0.5, 0.6) is 0 Å². The van der Waals surface area contributed by atoms with Crippen LogP contribution >= 0.6 is 0 Å². The van der Waals surface area contributed by atoms with Crippen LogP contribution in [0.25, 0.3) is 0 Å². The molecule has 2 nitrogen and oxygen atoms in total. The van der Waals surface area contributed by atoms with E-state index in [4.69, 9.17) is 0 Å². The third kappa shape index (κ3) is 2.73. The maximum absolute atomic E-state index is 3.44. The van der Waals surface area contributed by atoms with E-state index < -0.39 is 8.96 Å². The molecule has 1 saturated heterocycles. The lowest BCUT2D eigenvalue weighted by Crippen LogP contribution is -2.56. The quantitative estimate of drug-likeness (QED) is 0.783. The molecule has 1 heterocycles. The molecule has 1 atom stereocenters. The zero-order chi connectivity index (χ0) is 11.4. The molecule has 1 aromatic carbocycles. The lowest BCUT2D eigenvalue weighted by atomic mass is 10.4. The van der Waals surface area contributed by atoms with Gasteiger partial charge in [0.1, 0.15) is 8.96 Å². The SMILES string of the molecule is CC(C)[SiH](c1ccccc1)N1CCNCC1. The van der Waals surface area contributed by atoms with Crippen LogP contribution in [0.2, 0.25) is 5.54 Å². The summed E-state index contributed by atoms with van der Waals surface area (Å²) in [6.45, 7) is 9.53. The Hall–Kier alpha value is -0.643. The van der Waals surface area contributed by atoms with Gasteiger partial charge in [0.25, 0.3) is 0 Å². The fourth-order valence-corrected chi connectivity index (χ4v) is 6.09. The van der Waals surface area contributed by atoms with E-state index in [1.807, 2.05) is 0 Å². The molecule has 88 valence electrons. The van der Waals surface area contributed by atoms with Crippen molar-refractivity contribution >= 4 is 14.1 Å². The van der Waals surface area contributed by atoms with Gasteiger partial charge in [0.05, 0.1) is 0 Å². The standard InChI is InChI=1S/C13H22N2Si/c1-12(2)16(13-6-4-3-5-7-13)15-10-8-14-9-11-15/h3-7,12,14,16H,8-11H2,1-2H3. The summed E-state index contributed by atoms with van der Waals surface area (Å²) in [7, 11) is -0.953. The van der Waals surface area contributed by atoms with Crippen molar-refractivity contribution in [1.29, 1.82) is 0 Å². The number of benzene rings is 1. The molecule has 0 bridgehead atoms. The van der Waals surface area contributed by atoms with Crippen molar-refractivity contribution in [2.75, 3.05) is 26.2 Å². The predicted octanol–water partition coefficient (Wildman–Crippen LogP) is 0.933. The minimum atomic E-state index is -0.953. The molecule has 0 spiro atoms. The molecule has 0 aliphatic carbocycles. The van der Waals surface area contributed by atoms with E-state index in [1.165, 1.54) is 13.1 Å². The highest BCUT2D eigenvalue weighted by Crippen LogP contribution is 2.13. The van der Waals surface area contributed by atoms with Crippen molar-refractivity contribution < 1.29 is 0 Å². The van der Waals surface area contributed by atoms with Gasteiger partial charge in [-0.2, -0.15) is 0 Å². The van der Waals surface area contributed by atoms with E-state index in [2.05, 4.69) is 54.1 Å². The van der Waals surface area contributed by atoms with Gasteiger partial charge in [-0.3, -0.25) is 0 Å². The highest BCUT2D eigenvalue weighted by molar-refractivity contribution is 6.71. The summed E-state index contributed by atoms with van der Waals surface area (Å²) in [6, 6.07) is 11.1. The highest BCUT2D eigenvalue weighted by Gasteiger charge is 2.26. The minimum absolute atomic E-state index is 0.806. The largest absolute Gasteiger partial charge is 0.320 e. The van der Waals surface area contributed by atoms with Gasteiger partial charge in [-0.05, 0) is 10.7 Å². The molecular weight excluding hydrogens is 212 g/mol. The average molecular weight is 234 g/mol. The number of piperazine rings is 1. The molecule has 1 fully saturated rings. The lowest BCUT2D eigenvalue weighted by Gasteiger charge is -2.36. The first-order valence-electron chi connectivity index (χ1n) is 6.29. The fourth-order valence-electron chi connectivity index (χ4n) is 2.63. The van der Waals surface area contributed by atoms with Gasteiger partial charge in [-0.25, -0.2) is 0 Å². The summed E-state index contributed by atoms with van der Waals surface area (Å²) in [6.07, 6.45) is 0. The first kappa shape index (κ1) is 11.8. The Balaban J connectivity index is 2.16. The highest BCUT2D eigenvalue weighted by atomic mass is 28.3. The molecule has 0 amide bonds. The van der Waals surface area contributed by atoms with E-state index in [0.717, 1.165) is 18.6 Å². The number of nitrogens with one attached hydrogen (secondary N) is 1. The van der Waals surface area contributed by atoms with Gasteiger partial charge in [0, 0.05) is 26.2 Å². The van der Waals surface area contributed by atoms with Gasteiger partial charge in [0.2, 0.25) is 0 Å². The normalized spacial score (nSPS) is 19.9. The maximum Gasteiger partial charge on any atom is 0.146 e. The summed E-state index contributed by atoms with van der Waals surface area (Å²) in [5.74, 6) is 0. The smallest absolute Gasteiger partial charge is 0.146 e. The van der Waals surface area contributed by atoms with Crippen molar-refractivity contribution in [3.05, 3.63) is 30.3 Å². The monoisotopic (exact) mass is 234 g/mol. The molecule has 1 unspecified atom stereocenters. The third-order valence-electron chi connectivity index (χ3n) is 3.32. The van der Waals surface area contributed by atoms with E-state index in [0.29, 0.717) is 0 Å². The first-order chi connectivity index (χ1) is 7.79. The molecule has 1 N–H and O–H groups in total. The van der Waals surface area contributed by atoms with Crippen LogP contribution in [0, 0.1) is 0 Å². The van der Waals surface area contributed by atoms with E-state index >= 15 is 0 Å². The van der Waals surface area contributed by atoms with Crippen LogP contribution < -0.4 is 10.5 Å². The lowest BCUT2D eigenvalue weighted by molar-refractivity contribution is 0.366. The summed E-state index contributed by atoms with van der Waals surface area (Å²) in [4.78, 5) is 0. The van der Waals surface area contributed by atoms with Gasteiger partial charge < -0.3 is 9.88 Å². The van der Waals surface area contributed by atoms with Crippen LogP contribution in [0.3, 0.4) is 0 Å². The minimum Gasteiger partial charge on any atom is -0.320 e. The topological polar surface area (TPSA) is 15.3 Å². The van der Waals surface area contributed by atoms with Gasteiger partial charge in [-0.15, -0.1) is 0 Å². The van der Waals surface area contributed by atoms with Crippen molar-refractivity contribution in [3.63, 3.8) is 0 Å². The average Bonchev–Trinajstić information content (AvgIpc) is 2.31. The third-order valence-corrected chi connectivity index (χ3v) is 6.95. The number of rotatable bonds is 3. The van der Waals surface area contributed by atoms with Crippen LogP contribution in [0.4, 0.5) is 0 Å². The second kappa shape index (κ2) is 5.62. The molecule has 1 aromatic rings. The second-order valence-corrected chi connectivity index (χ2v) is 8.51. The van der Waals surface area contributed by atoms with E-state index in [1.54, 1.807) is 5.19 Å². The van der Waals surface area contributed by atoms with E-state index in [-0.39, 0.29) is 0 Å². The van der Waals surface area contributed by atoms with Crippen LogP contribution in [-0.2, 0) is 0 Å². The molecule has 1 aliphatic rings. The predicted molar refractivity (Wildman–Crippen MR) is 72.8 cm³/mol. The van der Waals surface area contributed by atoms with E-state index in [9.17, 15) is 0 Å². The van der Waals surface area contributed by atoms with Crippen LogP contribution in [-0.4, -0.2) is 39.7 Å². The number of nitrogens with zero attached hydrogens (tertiary/aromatic N) is 1. The van der Waals surface area contributed by atoms with Gasteiger partial charge in [-0.1, -0.05) is 44.2 Å². The Morgan fingerprint density at radius 2 is 1.75 bits per heavy atom. The molecule has 1 aliphatic heterocycles. The Labute approximate surface area is 100 Å². The van der Waals surface area contributed by atoms with Gasteiger partial charge in [0.15, 0.2) is 0 Å². The summed E-state index contributed by atoms with van der Waals surface area (Å²) in [5, 5.41) is 5.04. The van der Waals surface area contributed by atoms with Crippen LogP contribution in [0.1, 0.15) is 13.8 Å². The van der Waals surface area contributed by atoms with Crippen molar-refractivity contribution in [1.82, 2.24) is 9.88 Å². The van der Waals surface area contributed by atoms with Crippen molar-refractivity contribution in [2.45, 2.75) is 19.4 Å². The summed E-state index contributed by atoms with van der Waals surface area (Å²) < 4.78 is 2.75. The molecule has 2 rings (SSSR count). The second-order valence-electron chi connectivity index (χ2n) is 4.89. The zero-order valence-corrected chi connectivity index (χ0v) is 11.5. The Morgan fingerprint density at radius 1 is 1.12 bits per heavy atom. The van der Waals surface area contributed by atoms with Gasteiger partial charge >= 0.3 is 0 Å². The summed E-state index contributed by atoms with van der Waals surface area (Å²) >= 11 is 0. The fraction of sp³-hybridized carbons (Fsp3) is 0.538. The molecular formula is C13H22N2Si. The number of hydrogen-bond acceptors (Lipinski definition) is 2. The molecule has 0 aromatic heterocycles. The Kier molecular flexibility index (Phi) is 4.15. The number of hydrogen-bond donors (Lipinski definition) is 1. The van der Waals surface area contributed by atoms with Crippen molar-refractivity contribution in [2.24, 2.45) is 0 Å². The molecule has 16 heavy (non-hydrogen) atoms. The van der Waals surface area contributed by atoms with Crippen LogP contribution in [0.15, 0.2) is 30.3 Å².